The predicted molar refractivity (Wildman–Crippen MR) is 73.0 cm³/mol. The van der Waals surface area contributed by atoms with Crippen molar-refractivity contribution in [3.63, 3.8) is 0 Å². The fourth-order valence-electron chi connectivity index (χ4n) is 1.75. The molecule has 0 fully saturated rings. The third kappa shape index (κ3) is 2.68. The lowest BCUT2D eigenvalue weighted by Gasteiger charge is -2.03. The van der Waals surface area contributed by atoms with Gasteiger partial charge in [-0.25, -0.2) is 4.98 Å². The molecular formula is C13H11N3O2S. The Kier molecular flexibility index (Phi) is 3.33. The highest BCUT2D eigenvalue weighted by Gasteiger charge is 2.03. The summed E-state index contributed by atoms with van der Waals surface area (Å²) in [5, 5.41) is 3.65. The van der Waals surface area contributed by atoms with Crippen LogP contribution in [0, 0.1) is 0 Å². The maximum absolute atomic E-state index is 11.9. The van der Waals surface area contributed by atoms with E-state index in [2.05, 4.69) is 10.1 Å². The summed E-state index contributed by atoms with van der Waals surface area (Å²) in [6.07, 6.45) is 3.34. The number of nitrogens with zero attached hydrogens (tertiary/aromatic N) is 3. The number of pyridine rings is 1. The molecule has 3 aromatic heterocycles. The predicted octanol–water partition coefficient (Wildman–Crippen LogP) is 2.12. The van der Waals surface area contributed by atoms with Gasteiger partial charge in [0.25, 0.3) is 5.56 Å². The molecule has 3 heterocycles. The minimum atomic E-state index is -0.0548. The quantitative estimate of drug-likeness (QED) is 0.728. The minimum absolute atomic E-state index is 0.0548. The van der Waals surface area contributed by atoms with Gasteiger partial charge in [-0.2, -0.15) is 0 Å². The smallest absolute Gasteiger partial charge is 0.258 e. The Bertz CT molecular complexity index is 737. The normalized spacial score (nSPS) is 10.9. The van der Waals surface area contributed by atoms with E-state index in [4.69, 9.17) is 4.52 Å². The molecule has 0 aromatic carbocycles. The minimum Gasteiger partial charge on any atom is -0.361 e. The zero-order valence-corrected chi connectivity index (χ0v) is 10.8. The lowest BCUT2D eigenvalue weighted by atomic mass is 10.4. The van der Waals surface area contributed by atoms with Crippen LogP contribution in [0.2, 0.25) is 0 Å². The Morgan fingerprint density at radius 1 is 1.26 bits per heavy atom. The van der Waals surface area contributed by atoms with Gasteiger partial charge in [0.05, 0.1) is 17.6 Å². The number of hydrogen-bond donors (Lipinski definition) is 0. The molecule has 0 saturated heterocycles. The first-order valence-corrected chi connectivity index (χ1v) is 6.93. The Labute approximate surface area is 113 Å². The summed E-state index contributed by atoms with van der Waals surface area (Å²) < 4.78 is 6.54. The molecule has 0 atom stereocenters. The van der Waals surface area contributed by atoms with Gasteiger partial charge < -0.3 is 4.52 Å². The van der Waals surface area contributed by atoms with Gasteiger partial charge in [0, 0.05) is 24.1 Å². The van der Waals surface area contributed by atoms with E-state index < -0.39 is 0 Å². The zero-order chi connectivity index (χ0) is 13.1. The summed E-state index contributed by atoms with van der Waals surface area (Å²) in [4.78, 5) is 16.3. The summed E-state index contributed by atoms with van der Waals surface area (Å²) in [5.41, 5.74) is 1.40. The molecule has 19 heavy (non-hydrogen) atoms. The molecule has 96 valence electrons. The molecule has 5 nitrogen and oxygen atoms in total. The summed E-state index contributed by atoms with van der Waals surface area (Å²) in [6.45, 7) is 0. The van der Waals surface area contributed by atoms with Crippen molar-refractivity contribution < 1.29 is 4.52 Å². The van der Waals surface area contributed by atoms with Gasteiger partial charge in [-0.05, 0) is 12.1 Å². The molecule has 0 amide bonds. The zero-order valence-electron chi connectivity index (χ0n) is 10.0. The molecule has 3 aromatic rings. The molecule has 0 aliphatic heterocycles. The number of thioether (sulfide) groups is 1. The molecule has 0 spiro atoms. The highest BCUT2D eigenvalue weighted by molar-refractivity contribution is 7.97. The first-order valence-electron chi connectivity index (χ1n) is 5.77. The molecule has 3 rings (SSSR count). The first-order chi connectivity index (χ1) is 9.33. The third-order valence-corrected chi connectivity index (χ3v) is 3.60. The maximum Gasteiger partial charge on any atom is 0.258 e. The summed E-state index contributed by atoms with van der Waals surface area (Å²) in [6, 6.07) is 8.91. The van der Waals surface area contributed by atoms with Gasteiger partial charge in [-0.1, -0.05) is 11.2 Å². The maximum atomic E-state index is 11.9. The average molecular weight is 273 g/mol. The second-order valence-electron chi connectivity index (χ2n) is 3.99. The van der Waals surface area contributed by atoms with Crippen LogP contribution in [0.1, 0.15) is 11.5 Å². The van der Waals surface area contributed by atoms with E-state index in [1.54, 1.807) is 30.2 Å². The molecule has 0 unspecified atom stereocenters. The topological polar surface area (TPSA) is 60.4 Å². The van der Waals surface area contributed by atoms with Crippen LogP contribution in [0.4, 0.5) is 0 Å². The van der Waals surface area contributed by atoms with Gasteiger partial charge in [0.1, 0.15) is 11.4 Å². The lowest BCUT2D eigenvalue weighted by molar-refractivity contribution is 0.395. The van der Waals surface area contributed by atoms with Crippen molar-refractivity contribution in [3.8, 4) is 0 Å². The Balaban J connectivity index is 1.76. The van der Waals surface area contributed by atoms with Crippen LogP contribution in [0.15, 0.2) is 52.0 Å². The average Bonchev–Trinajstić information content (AvgIpc) is 2.92. The van der Waals surface area contributed by atoms with E-state index in [0.29, 0.717) is 11.4 Å². The fraction of sp³-hybridized carbons (Fsp3) is 0.154. The van der Waals surface area contributed by atoms with Gasteiger partial charge >= 0.3 is 0 Å². The highest BCUT2D eigenvalue weighted by Crippen LogP contribution is 2.15. The third-order valence-electron chi connectivity index (χ3n) is 2.61. The second-order valence-corrected chi connectivity index (χ2v) is 4.97. The summed E-state index contributed by atoms with van der Waals surface area (Å²) >= 11 is 1.64. The Hall–Kier alpha value is -2.08. The Morgan fingerprint density at radius 2 is 2.21 bits per heavy atom. The lowest BCUT2D eigenvalue weighted by Crippen LogP contribution is -2.14. The monoisotopic (exact) mass is 273 g/mol. The van der Waals surface area contributed by atoms with E-state index in [1.165, 1.54) is 4.40 Å². The van der Waals surface area contributed by atoms with Crippen LogP contribution < -0.4 is 5.56 Å². The molecule has 0 bridgehead atoms. The standard InChI is InChI=1S/C13H11N3O2S/c17-13-7-10(8-19-9-11-4-5-14-18-11)15-12-3-1-2-6-16(12)13/h1-7H,8-9H2. The number of hydrogen-bond acceptors (Lipinski definition) is 5. The fourth-order valence-corrected chi connectivity index (χ4v) is 2.56. The number of rotatable bonds is 4. The van der Waals surface area contributed by atoms with E-state index in [-0.39, 0.29) is 5.56 Å². The summed E-state index contributed by atoms with van der Waals surface area (Å²) in [5.74, 6) is 2.21. The van der Waals surface area contributed by atoms with Crippen molar-refractivity contribution in [2.75, 3.05) is 0 Å². The van der Waals surface area contributed by atoms with Crippen LogP contribution in [-0.2, 0) is 11.5 Å². The van der Waals surface area contributed by atoms with Crippen molar-refractivity contribution in [2.45, 2.75) is 11.5 Å². The largest absolute Gasteiger partial charge is 0.361 e. The van der Waals surface area contributed by atoms with Crippen molar-refractivity contribution in [2.24, 2.45) is 0 Å². The van der Waals surface area contributed by atoms with Crippen molar-refractivity contribution in [1.29, 1.82) is 0 Å². The highest BCUT2D eigenvalue weighted by atomic mass is 32.2. The number of aromatic nitrogens is 3. The second kappa shape index (κ2) is 5.27. The van der Waals surface area contributed by atoms with Crippen LogP contribution in [0.25, 0.3) is 5.65 Å². The number of fused-ring (bicyclic) bond motifs is 1. The van der Waals surface area contributed by atoms with Gasteiger partial charge in [0.2, 0.25) is 0 Å². The van der Waals surface area contributed by atoms with Crippen molar-refractivity contribution in [1.82, 2.24) is 14.5 Å². The molecule has 0 radical (unpaired) electrons. The van der Waals surface area contributed by atoms with Crippen LogP contribution in [-0.4, -0.2) is 14.5 Å². The summed E-state index contributed by atoms with van der Waals surface area (Å²) in [7, 11) is 0. The molecule has 0 aliphatic carbocycles. The van der Waals surface area contributed by atoms with Gasteiger partial charge in [0.15, 0.2) is 0 Å². The molecule has 0 saturated carbocycles. The molecular weight excluding hydrogens is 262 g/mol. The van der Waals surface area contributed by atoms with Gasteiger partial charge in [-0.3, -0.25) is 9.20 Å². The van der Waals surface area contributed by atoms with Crippen LogP contribution in [0.5, 0.6) is 0 Å². The van der Waals surface area contributed by atoms with Crippen molar-refractivity contribution in [3.05, 3.63) is 64.5 Å². The van der Waals surface area contributed by atoms with E-state index in [0.717, 1.165) is 17.2 Å². The van der Waals surface area contributed by atoms with Crippen LogP contribution in [0.3, 0.4) is 0 Å². The Morgan fingerprint density at radius 3 is 3.05 bits per heavy atom. The van der Waals surface area contributed by atoms with E-state index in [9.17, 15) is 4.79 Å². The first kappa shape index (κ1) is 12.0. The van der Waals surface area contributed by atoms with Crippen LogP contribution >= 0.6 is 11.8 Å². The van der Waals surface area contributed by atoms with E-state index >= 15 is 0 Å². The SMILES string of the molecule is O=c1cc(CSCc2ccno2)nc2ccccn12. The molecule has 6 heteroatoms. The van der Waals surface area contributed by atoms with Crippen molar-refractivity contribution >= 4 is 17.4 Å². The van der Waals surface area contributed by atoms with Gasteiger partial charge in [-0.15, -0.1) is 11.8 Å². The molecule has 0 aliphatic rings. The molecule has 0 N–H and O–H groups in total. The van der Waals surface area contributed by atoms with E-state index in [1.807, 2.05) is 24.3 Å².